The molecule has 0 aliphatic rings. The molecule has 0 atom stereocenters. The number of nitrogens with one attached hydrogen (secondary N) is 1. The summed E-state index contributed by atoms with van der Waals surface area (Å²) in [5.41, 5.74) is -0.173. The van der Waals surface area contributed by atoms with E-state index in [1.165, 1.54) is 18.2 Å². The van der Waals surface area contributed by atoms with Gasteiger partial charge in [0.25, 0.3) is 17.4 Å². The number of alkyl halides is 2. The number of ether oxygens (including phenoxy) is 1. The van der Waals surface area contributed by atoms with Crippen molar-refractivity contribution in [3.8, 4) is 5.75 Å². The van der Waals surface area contributed by atoms with E-state index in [0.717, 1.165) is 12.1 Å². The molecule has 0 aliphatic heterocycles. The zero-order chi connectivity index (χ0) is 19.1. The van der Waals surface area contributed by atoms with Crippen molar-refractivity contribution in [2.45, 2.75) is 10.7 Å². The molecule has 0 fully saturated rings. The third-order valence-electron chi connectivity index (χ3n) is 3.07. The number of amides is 1. The molecule has 0 bridgehead atoms. The molecule has 26 heavy (non-hydrogen) atoms. The minimum Gasteiger partial charge on any atom is -0.483 e. The number of nitro groups is 1. The van der Waals surface area contributed by atoms with Gasteiger partial charge in [-0.15, -0.1) is 0 Å². The molecule has 7 nitrogen and oxygen atoms in total. The van der Waals surface area contributed by atoms with Gasteiger partial charge < -0.3 is 10.1 Å². The van der Waals surface area contributed by atoms with Gasteiger partial charge in [-0.05, 0) is 18.2 Å². The van der Waals surface area contributed by atoms with E-state index in [-0.39, 0.29) is 27.6 Å². The number of carbonyl (C=O) groups excluding carboxylic acids is 2. The maximum Gasteiger partial charge on any atom is 0.288 e. The molecule has 0 aliphatic carbocycles. The summed E-state index contributed by atoms with van der Waals surface area (Å²) in [6.45, 7) is -0.508. The molecule has 1 amide bonds. The zero-order valence-corrected chi connectivity index (χ0v) is 13.9. The molecule has 2 aromatic carbocycles. The summed E-state index contributed by atoms with van der Waals surface area (Å²) in [5.74, 6) is -3.28. The summed E-state index contributed by atoms with van der Waals surface area (Å²) in [5, 5.41) is 13.1. The lowest BCUT2D eigenvalue weighted by atomic mass is 10.2. The lowest BCUT2D eigenvalue weighted by molar-refractivity contribution is -0.384. The Morgan fingerprint density at radius 1 is 1.31 bits per heavy atom. The summed E-state index contributed by atoms with van der Waals surface area (Å²) in [6, 6.07) is 9.40. The highest BCUT2D eigenvalue weighted by Gasteiger charge is 2.14. The zero-order valence-electron chi connectivity index (χ0n) is 13.1. The van der Waals surface area contributed by atoms with Crippen LogP contribution in [0.4, 0.5) is 20.2 Å². The number of hydrogen-bond donors (Lipinski definition) is 1. The van der Waals surface area contributed by atoms with Crippen LogP contribution in [0.15, 0.2) is 47.4 Å². The number of thioether (sulfide) groups is 1. The van der Waals surface area contributed by atoms with Crippen LogP contribution in [0.25, 0.3) is 0 Å². The second-order valence-electron chi connectivity index (χ2n) is 4.81. The first-order valence-electron chi connectivity index (χ1n) is 7.11. The summed E-state index contributed by atoms with van der Waals surface area (Å²) in [7, 11) is 0. The predicted octanol–water partition coefficient (Wildman–Crippen LogP) is 3.74. The minimum absolute atomic E-state index is 0.00371. The molecule has 2 aromatic rings. The minimum atomic E-state index is -2.64. The van der Waals surface area contributed by atoms with Gasteiger partial charge >= 0.3 is 0 Å². The van der Waals surface area contributed by atoms with Gasteiger partial charge in [-0.25, -0.2) is 0 Å². The van der Waals surface area contributed by atoms with Crippen LogP contribution in [0.3, 0.4) is 0 Å². The highest BCUT2D eigenvalue weighted by Crippen LogP contribution is 2.31. The fourth-order valence-corrected chi connectivity index (χ4v) is 2.57. The van der Waals surface area contributed by atoms with E-state index in [4.69, 9.17) is 4.74 Å². The van der Waals surface area contributed by atoms with Crippen LogP contribution < -0.4 is 10.1 Å². The second-order valence-corrected chi connectivity index (χ2v) is 5.84. The summed E-state index contributed by atoms with van der Waals surface area (Å²) >= 11 is 0.293. The Morgan fingerprint density at radius 3 is 2.69 bits per heavy atom. The van der Waals surface area contributed by atoms with Crippen molar-refractivity contribution in [2.24, 2.45) is 0 Å². The van der Waals surface area contributed by atoms with Gasteiger partial charge in [0.1, 0.15) is 5.75 Å². The van der Waals surface area contributed by atoms with Crippen molar-refractivity contribution in [2.75, 3.05) is 11.9 Å². The fourth-order valence-electron chi connectivity index (χ4n) is 1.97. The van der Waals surface area contributed by atoms with Crippen molar-refractivity contribution >= 4 is 35.3 Å². The molecule has 0 spiro atoms. The SMILES string of the molecule is O=Cc1cc([N+](=O)[O-])ccc1OCC(=O)Nc1ccccc1SC(F)F. The Kier molecular flexibility index (Phi) is 6.61. The number of halogens is 2. The molecular formula is C16H12F2N2O5S. The van der Waals surface area contributed by atoms with E-state index in [1.54, 1.807) is 12.1 Å². The molecule has 1 N–H and O–H groups in total. The third kappa shape index (κ3) is 5.24. The van der Waals surface area contributed by atoms with Gasteiger partial charge in [0, 0.05) is 17.0 Å². The smallest absolute Gasteiger partial charge is 0.288 e. The molecule has 0 radical (unpaired) electrons. The number of rotatable bonds is 8. The largest absolute Gasteiger partial charge is 0.483 e. The van der Waals surface area contributed by atoms with E-state index in [9.17, 15) is 28.5 Å². The lowest BCUT2D eigenvalue weighted by Gasteiger charge is -2.11. The van der Waals surface area contributed by atoms with Crippen LogP contribution >= 0.6 is 11.8 Å². The average Bonchev–Trinajstić information content (AvgIpc) is 2.61. The molecule has 10 heteroatoms. The van der Waals surface area contributed by atoms with Crippen LogP contribution in [-0.2, 0) is 4.79 Å². The van der Waals surface area contributed by atoms with Gasteiger partial charge in [-0.1, -0.05) is 23.9 Å². The molecule has 0 heterocycles. The Hall–Kier alpha value is -3.01. The van der Waals surface area contributed by atoms with Gasteiger partial charge in [-0.2, -0.15) is 8.78 Å². The van der Waals surface area contributed by atoms with Crippen molar-refractivity contribution in [1.82, 2.24) is 0 Å². The first-order valence-corrected chi connectivity index (χ1v) is 7.98. The third-order valence-corrected chi connectivity index (χ3v) is 3.86. The quantitative estimate of drug-likeness (QED) is 0.323. The second kappa shape index (κ2) is 8.90. The summed E-state index contributed by atoms with van der Waals surface area (Å²) in [6.07, 6.45) is 0.370. The number of hydrogen-bond acceptors (Lipinski definition) is 6. The number of benzene rings is 2. The number of anilines is 1. The highest BCUT2D eigenvalue weighted by atomic mass is 32.2. The standard InChI is InChI=1S/C16H12F2N2O5S/c17-16(18)26-14-4-2-1-3-12(14)19-15(22)9-25-13-6-5-11(20(23)24)7-10(13)8-21/h1-8,16H,9H2,(H,19,22). The molecule has 0 aromatic heterocycles. The Morgan fingerprint density at radius 2 is 2.04 bits per heavy atom. The van der Waals surface area contributed by atoms with Crippen LogP contribution in [0.1, 0.15) is 10.4 Å². The number of aldehydes is 1. The number of para-hydroxylation sites is 1. The molecule has 0 unspecified atom stereocenters. The van der Waals surface area contributed by atoms with Crippen molar-refractivity contribution < 1.29 is 28.0 Å². The van der Waals surface area contributed by atoms with Crippen LogP contribution in [0, 0.1) is 10.1 Å². The molecule has 136 valence electrons. The monoisotopic (exact) mass is 382 g/mol. The van der Waals surface area contributed by atoms with E-state index in [2.05, 4.69) is 5.32 Å². The Labute approximate surface area is 150 Å². The lowest BCUT2D eigenvalue weighted by Crippen LogP contribution is -2.21. The van der Waals surface area contributed by atoms with Gasteiger partial charge in [-0.3, -0.25) is 19.7 Å². The first kappa shape index (κ1) is 19.3. The number of nitro benzene ring substituents is 1. The van der Waals surface area contributed by atoms with Crippen LogP contribution in [0.2, 0.25) is 0 Å². The number of nitrogens with zero attached hydrogens (tertiary/aromatic N) is 1. The van der Waals surface area contributed by atoms with Crippen molar-refractivity contribution in [3.63, 3.8) is 0 Å². The molecule has 0 saturated heterocycles. The first-order chi connectivity index (χ1) is 12.4. The maximum atomic E-state index is 12.5. The van der Waals surface area contributed by atoms with E-state index in [0.29, 0.717) is 18.0 Å². The molecule has 0 saturated carbocycles. The van der Waals surface area contributed by atoms with Crippen LogP contribution in [-0.4, -0.2) is 29.5 Å². The Balaban J connectivity index is 2.04. The number of carbonyl (C=O) groups is 2. The predicted molar refractivity (Wildman–Crippen MR) is 90.9 cm³/mol. The fraction of sp³-hybridized carbons (Fsp3) is 0.125. The number of non-ortho nitro benzene ring substituents is 1. The van der Waals surface area contributed by atoms with E-state index < -0.39 is 23.2 Å². The van der Waals surface area contributed by atoms with Crippen molar-refractivity contribution in [1.29, 1.82) is 0 Å². The van der Waals surface area contributed by atoms with E-state index >= 15 is 0 Å². The van der Waals surface area contributed by atoms with Gasteiger partial charge in [0.2, 0.25) is 0 Å². The highest BCUT2D eigenvalue weighted by molar-refractivity contribution is 7.99. The maximum absolute atomic E-state index is 12.5. The Bertz CT molecular complexity index is 832. The van der Waals surface area contributed by atoms with E-state index in [1.807, 2.05) is 0 Å². The van der Waals surface area contributed by atoms with Crippen LogP contribution in [0.5, 0.6) is 5.75 Å². The summed E-state index contributed by atoms with van der Waals surface area (Å²) in [4.78, 5) is 33.2. The summed E-state index contributed by atoms with van der Waals surface area (Å²) < 4.78 is 30.2. The van der Waals surface area contributed by atoms with Crippen molar-refractivity contribution in [3.05, 3.63) is 58.1 Å². The van der Waals surface area contributed by atoms with Gasteiger partial charge in [0.15, 0.2) is 12.9 Å². The average molecular weight is 382 g/mol. The van der Waals surface area contributed by atoms with Gasteiger partial charge in [0.05, 0.1) is 16.2 Å². The normalized spacial score (nSPS) is 10.4. The molecular weight excluding hydrogens is 370 g/mol. The molecule has 2 rings (SSSR count). The topological polar surface area (TPSA) is 98.5 Å².